The Hall–Kier alpha value is -1.44. The Kier molecular flexibility index (Phi) is 7.26. The molecule has 1 aromatic rings. The number of piperidine rings is 1. The third-order valence-corrected chi connectivity index (χ3v) is 6.92. The third kappa shape index (κ3) is 5.09. The number of methoxy groups -OCH3 is 1. The topological polar surface area (TPSA) is 71.9 Å². The lowest BCUT2D eigenvalue weighted by atomic mass is 9.95. The molecular weight excluding hydrogens is 362 g/mol. The third-order valence-electron chi connectivity index (χ3n) is 5.71. The number of rotatable bonds is 7. The molecular formula is C20H32N3O3S+. The van der Waals surface area contributed by atoms with Crippen LogP contribution in [0.1, 0.15) is 59.8 Å². The summed E-state index contributed by atoms with van der Waals surface area (Å²) in [4.78, 5) is 28.1. The predicted molar refractivity (Wildman–Crippen MR) is 108 cm³/mol. The van der Waals surface area contributed by atoms with Crippen LogP contribution in [0.5, 0.6) is 0 Å². The van der Waals surface area contributed by atoms with Crippen molar-refractivity contribution in [2.24, 2.45) is 0 Å². The van der Waals surface area contributed by atoms with Crippen molar-refractivity contribution in [2.75, 3.05) is 38.7 Å². The van der Waals surface area contributed by atoms with Crippen molar-refractivity contribution < 1.29 is 19.2 Å². The second-order valence-corrected chi connectivity index (χ2v) is 8.80. The number of quaternary nitrogens is 1. The van der Waals surface area contributed by atoms with Gasteiger partial charge in [0, 0.05) is 18.5 Å². The van der Waals surface area contributed by atoms with Gasteiger partial charge in [-0.15, -0.1) is 11.3 Å². The zero-order valence-electron chi connectivity index (χ0n) is 16.5. The first-order chi connectivity index (χ1) is 13.1. The summed E-state index contributed by atoms with van der Waals surface area (Å²) >= 11 is 1.59. The zero-order chi connectivity index (χ0) is 19.2. The lowest BCUT2D eigenvalue weighted by Gasteiger charge is -2.29. The van der Waals surface area contributed by atoms with E-state index in [9.17, 15) is 9.59 Å². The molecule has 1 saturated heterocycles. The second-order valence-electron chi connectivity index (χ2n) is 7.69. The Morgan fingerprint density at radius 2 is 2.04 bits per heavy atom. The van der Waals surface area contributed by atoms with Crippen molar-refractivity contribution in [1.29, 1.82) is 0 Å². The first-order valence-electron chi connectivity index (χ1n) is 10.2. The molecule has 1 fully saturated rings. The van der Waals surface area contributed by atoms with E-state index in [2.05, 4.69) is 17.6 Å². The van der Waals surface area contributed by atoms with E-state index in [1.807, 2.05) is 0 Å². The van der Waals surface area contributed by atoms with Gasteiger partial charge in [-0.25, -0.2) is 0 Å². The molecule has 2 aliphatic rings. The SMILES string of the molecule is COCCNC(=O)c1c(NC(=O)C[NH+]2CCCC[C@@H]2C)sc2c1CCCC2. The number of hydrogen-bond donors (Lipinski definition) is 3. The van der Waals surface area contributed by atoms with Gasteiger partial charge in [0.15, 0.2) is 6.54 Å². The number of anilines is 1. The van der Waals surface area contributed by atoms with E-state index in [-0.39, 0.29) is 11.8 Å². The van der Waals surface area contributed by atoms with Crippen LogP contribution in [0.3, 0.4) is 0 Å². The molecule has 3 N–H and O–H groups in total. The van der Waals surface area contributed by atoms with E-state index in [1.54, 1.807) is 18.4 Å². The minimum atomic E-state index is -0.0968. The maximum Gasteiger partial charge on any atom is 0.280 e. The molecule has 0 saturated carbocycles. The van der Waals surface area contributed by atoms with Crippen LogP contribution in [0.15, 0.2) is 0 Å². The number of hydrogen-bond acceptors (Lipinski definition) is 4. The van der Waals surface area contributed by atoms with Gasteiger partial charge < -0.3 is 20.3 Å². The number of ether oxygens (including phenoxy) is 1. The second kappa shape index (κ2) is 9.66. The molecule has 7 heteroatoms. The molecule has 0 aromatic carbocycles. The van der Waals surface area contributed by atoms with Gasteiger partial charge >= 0.3 is 0 Å². The van der Waals surface area contributed by atoms with Crippen molar-refractivity contribution in [3.8, 4) is 0 Å². The summed E-state index contributed by atoms with van der Waals surface area (Å²) in [6.07, 6.45) is 7.81. The minimum absolute atomic E-state index is 0.0169. The normalized spacial score (nSPS) is 22.1. The fourth-order valence-corrected chi connectivity index (χ4v) is 5.44. The summed E-state index contributed by atoms with van der Waals surface area (Å²) in [6.45, 7) is 4.72. The van der Waals surface area contributed by atoms with Gasteiger partial charge in [0.2, 0.25) is 0 Å². The maximum atomic E-state index is 12.8. The molecule has 0 radical (unpaired) electrons. The Morgan fingerprint density at radius 1 is 1.22 bits per heavy atom. The maximum absolute atomic E-state index is 12.8. The van der Waals surface area contributed by atoms with E-state index >= 15 is 0 Å². The predicted octanol–water partition coefficient (Wildman–Crippen LogP) is 1.40. The van der Waals surface area contributed by atoms with Gasteiger partial charge in [-0.05, 0) is 57.4 Å². The van der Waals surface area contributed by atoms with Crippen LogP contribution in [0.4, 0.5) is 5.00 Å². The Morgan fingerprint density at radius 3 is 2.81 bits per heavy atom. The highest BCUT2D eigenvalue weighted by Gasteiger charge is 2.28. The van der Waals surface area contributed by atoms with Crippen LogP contribution >= 0.6 is 11.3 Å². The van der Waals surface area contributed by atoms with Gasteiger partial charge in [0.25, 0.3) is 11.8 Å². The fourth-order valence-electron chi connectivity index (χ4n) is 4.14. The number of nitrogens with one attached hydrogen (secondary N) is 3. The van der Waals surface area contributed by atoms with Gasteiger partial charge in [0.05, 0.1) is 24.8 Å². The summed E-state index contributed by atoms with van der Waals surface area (Å²) in [7, 11) is 1.62. The number of fused-ring (bicyclic) bond motifs is 1. The van der Waals surface area contributed by atoms with E-state index in [1.165, 1.54) is 29.0 Å². The monoisotopic (exact) mass is 394 g/mol. The molecule has 2 atom stereocenters. The van der Waals surface area contributed by atoms with E-state index in [0.29, 0.717) is 31.3 Å². The van der Waals surface area contributed by atoms with Gasteiger partial charge in [-0.3, -0.25) is 9.59 Å². The molecule has 27 heavy (non-hydrogen) atoms. The quantitative estimate of drug-likeness (QED) is 0.612. The summed E-state index contributed by atoms with van der Waals surface area (Å²) in [5.74, 6) is -0.0799. The number of aryl methyl sites for hydroxylation is 1. The van der Waals surface area contributed by atoms with Crippen LogP contribution in [-0.4, -0.2) is 51.2 Å². The highest BCUT2D eigenvalue weighted by Crippen LogP contribution is 2.38. The summed E-state index contributed by atoms with van der Waals surface area (Å²) in [5.41, 5.74) is 1.82. The molecule has 1 aliphatic heterocycles. The van der Waals surface area contributed by atoms with Crippen molar-refractivity contribution in [2.45, 2.75) is 57.9 Å². The Bertz CT molecular complexity index is 674. The van der Waals surface area contributed by atoms with Crippen LogP contribution in [0.25, 0.3) is 0 Å². The van der Waals surface area contributed by atoms with E-state index in [4.69, 9.17) is 4.74 Å². The first-order valence-corrected chi connectivity index (χ1v) is 11.0. The smallest absolute Gasteiger partial charge is 0.280 e. The van der Waals surface area contributed by atoms with Crippen molar-refractivity contribution in [3.05, 3.63) is 16.0 Å². The molecule has 2 heterocycles. The number of likely N-dealkylation sites (tertiary alicyclic amines) is 1. The molecule has 6 nitrogen and oxygen atoms in total. The van der Waals surface area contributed by atoms with Gasteiger partial charge in [-0.1, -0.05) is 0 Å². The molecule has 1 aromatic heterocycles. The van der Waals surface area contributed by atoms with Crippen LogP contribution in [0.2, 0.25) is 0 Å². The van der Waals surface area contributed by atoms with E-state index in [0.717, 1.165) is 42.8 Å². The van der Waals surface area contributed by atoms with Crippen LogP contribution < -0.4 is 15.5 Å². The lowest BCUT2D eigenvalue weighted by molar-refractivity contribution is -0.920. The van der Waals surface area contributed by atoms with Gasteiger partial charge in [-0.2, -0.15) is 0 Å². The summed E-state index contributed by atoms with van der Waals surface area (Å²) < 4.78 is 5.03. The lowest BCUT2D eigenvalue weighted by Crippen LogP contribution is -3.17. The number of carbonyl (C=O) groups is 2. The molecule has 0 spiro atoms. The number of thiophene rings is 1. The molecule has 1 unspecified atom stereocenters. The van der Waals surface area contributed by atoms with Crippen molar-refractivity contribution >= 4 is 28.2 Å². The number of amides is 2. The molecule has 150 valence electrons. The Labute approximate surface area is 165 Å². The fraction of sp³-hybridized carbons (Fsp3) is 0.700. The molecule has 1 aliphatic carbocycles. The number of carbonyl (C=O) groups excluding carboxylic acids is 2. The first kappa shape index (κ1) is 20.3. The van der Waals surface area contributed by atoms with E-state index < -0.39 is 0 Å². The average molecular weight is 395 g/mol. The van der Waals surface area contributed by atoms with Crippen molar-refractivity contribution in [3.63, 3.8) is 0 Å². The summed E-state index contributed by atoms with van der Waals surface area (Å²) in [6, 6.07) is 0.526. The Balaban J connectivity index is 1.72. The van der Waals surface area contributed by atoms with Gasteiger partial charge in [0.1, 0.15) is 5.00 Å². The molecule has 3 rings (SSSR count). The standard InChI is InChI=1S/C20H31N3O3S/c1-14-7-5-6-11-23(14)13-17(24)22-20-18(19(25)21-10-12-26-2)15-8-3-4-9-16(15)27-20/h14H,3-13H2,1-2H3,(H,21,25)(H,22,24)/p+1/t14-/m0/s1. The zero-order valence-corrected chi connectivity index (χ0v) is 17.3. The largest absolute Gasteiger partial charge is 0.383 e. The highest BCUT2D eigenvalue weighted by atomic mass is 32.1. The molecule has 0 bridgehead atoms. The summed E-state index contributed by atoms with van der Waals surface area (Å²) in [5, 5.41) is 6.73. The van der Waals surface area contributed by atoms with Crippen LogP contribution in [0, 0.1) is 0 Å². The average Bonchev–Trinajstić information content (AvgIpc) is 3.01. The minimum Gasteiger partial charge on any atom is -0.383 e. The molecule has 2 amide bonds. The van der Waals surface area contributed by atoms with Crippen LogP contribution in [-0.2, 0) is 22.4 Å². The highest BCUT2D eigenvalue weighted by molar-refractivity contribution is 7.17. The van der Waals surface area contributed by atoms with Crippen molar-refractivity contribution in [1.82, 2.24) is 5.32 Å².